The maximum Gasteiger partial charge on any atom is 0.337 e. The minimum absolute atomic E-state index is 0.184. The van der Waals surface area contributed by atoms with Crippen LogP contribution in [-0.4, -0.2) is 37.4 Å². The Hall–Kier alpha value is -1.07. The average Bonchev–Trinajstić information content (AvgIpc) is 2.38. The van der Waals surface area contributed by atoms with Gasteiger partial charge in [0.2, 0.25) is 0 Å². The Morgan fingerprint density at radius 1 is 1.56 bits per heavy atom. The first-order chi connectivity index (χ1) is 8.61. The molecule has 98 valence electrons. The normalized spacial score (nSPS) is 19.9. The minimum atomic E-state index is -0.897. The maximum absolute atomic E-state index is 11.3. The Balaban J connectivity index is 2.29. The fourth-order valence-electron chi connectivity index (χ4n) is 2.30. The number of methoxy groups -OCH3 is 1. The molecular formula is C13H16BrNO3. The van der Waals surface area contributed by atoms with Crippen molar-refractivity contribution in [2.75, 3.05) is 25.1 Å². The van der Waals surface area contributed by atoms with Crippen LogP contribution in [0.25, 0.3) is 0 Å². The van der Waals surface area contributed by atoms with Crippen molar-refractivity contribution in [2.45, 2.75) is 18.9 Å². The second-order valence-corrected chi connectivity index (χ2v) is 5.33. The number of aromatic carboxylic acids is 1. The zero-order valence-electron chi connectivity index (χ0n) is 10.2. The largest absolute Gasteiger partial charge is 0.478 e. The zero-order valence-corrected chi connectivity index (χ0v) is 11.8. The van der Waals surface area contributed by atoms with Gasteiger partial charge in [0, 0.05) is 24.7 Å². The third kappa shape index (κ3) is 2.84. The highest BCUT2D eigenvalue weighted by Gasteiger charge is 2.23. The molecule has 0 aromatic heterocycles. The topological polar surface area (TPSA) is 49.8 Å². The van der Waals surface area contributed by atoms with E-state index in [1.165, 1.54) is 0 Å². The number of hydrogen-bond donors (Lipinski definition) is 1. The Morgan fingerprint density at radius 2 is 2.33 bits per heavy atom. The summed E-state index contributed by atoms with van der Waals surface area (Å²) in [6.07, 6.45) is 2.24. The van der Waals surface area contributed by atoms with Crippen LogP contribution in [-0.2, 0) is 4.74 Å². The average molecular weight is 314 g/mol. The molecule has 1 aliphatic rings. The maximum atomic E-state index is 11.3. The lowest BCUT2D eigenvalue weighted by Gasteiger charge is -2.34. The Kier molecular flexibility index (Phi) is 4.24. The number of ether oxygens (including phenoxy) is 1. The van der Waals surface area contributed by atoms with Crippen LogP contribution < -0.4 is 4.90 Å². The van der Waals surface area contributed by atoms with E-state index in [9.17, 15) is 9.90 Å². The summed E-state index contributed by atoms with van der Waals surface area (Å²) in [6.45, 7) is 1.63. The summed E-state index contributed by atoms with van der Waals surface area (Å²) >= 11 is 3.31. The summed E-state index contributed by atoms with van der Waals surface area (Å²) in [4.78, 5) is 13.4. The highest BCUT2D eigenvalue weighted by molar-refractivity contribution is 9.10. The molecule has 1 N–H and O–H groups in total. The van der Waals surface area contributed by atoms with Gasteiger partial charge in [-0.25, -0.2) is 4.79 Å². The number of carboxylic acids is 1. The predicted molar refractivity (Wildman–Crippen MR) is 73.3 cm³/mol. The molecular weight excluding hydrogens is 298 g/mol. The highest BCUT2D eigenvalue weighted by atomic mass is 79.9. The molecule has 0 saturated carbocycles. The van der Waals surface area contributed by atoms with Gasteiger partial charge in [0.05, 0.1) is 17.4 Å². The predicted octanol–water partition coefficient (Wildman–Crippen LogP) is 2.76. The van der Waals surface area contributed by atoms with E-state index in [0.717, 1.165) is 36.1 Å². The lowest BCUT2D eigenvalue weighted by molar-refractivity contribution is 0.0695. The van der Waals surface area contributed by atoms with Crippen molar-refractivity contribution in [3.63, 3.8) is 0 Å². The molecule has 1 aliphatic heterocycles. The van der Waals surface area contributed by atoms with Crippen LogP contribution in [0.1, 0.15) is 23.2 Å². The van der Waals surface area contributed by atoms with Gasteiger partial charge in [0.1, 0.15) is 0 Å². The Morgan fingerprint density at radius 3 is 3.00 bits per heavy atom. The van der Waals surface area contributed by atoms with Crippen molar-refractivity contribution in [1.29, 1.82) is 0 Å². The van der Waals surface area contributed by atoms with Crippen LogP contribution in [0.4, 0.5) is 5.69 Å². The molecule has 1 aromatic rings. The van der Waals surface area contributed by atoms with Crippen LogP contribution in [0.2, 0.25) is 0 Å². The van der Waals surface area contributed by atoms with Crippen LogP contribution >= 0.6 is 15.9 Å². The number of hydrogen-bond acceptors (Lipinski definition) is 3. The molecule has 1 heterocycles. The molecule has 1 atom stereocenters. The van der Waals surface area contributed by atoms with Crippen molar-refractivity contribution >= 4 is 27.6 Å². The molecule has 0 spiro atoms. The Bertz CT molecular complexity index is 450. The molecule has 0 aliphatic carbocycles. The van der Waals surface area contributed by atoms with Crippen molar-refractivity contribution in [1.82, 2.24) is 0 Å². The smallest absolute Gasteiger partial charge is 0.337 e. The fourth-order valence-corrected chi connectivity index (χ4v) is 2.67. The van der Waals surface area contributed by atoms with Crippen LogP contribution in [0.5, 0.6) is 0 Å². The SMILES string of the molecule is COC1CCCN(c2ccc(Br)cc2C(=O)O)C1. The van der Waals surface area contributed by atoms with Crippen molar-refractivity contribution in [3.05, 3.63) is 28.2 Å². The van der Waals surface area contributed by atoms with Crippen molar-refractivity contribution in [2.24, 2.45) is 0 Å². The van der Waals surface area contributed by atoms with Crippen LogP contribution in [0, 0.1) is 0 Å². The van der Waals surface area contributed by atoms with Crippen molar-refractivity contribution < 1.29 is 14.6 Å². The number of anilines is 1. The van der Waals surface area contributed by atoms with E-state index in [2.05, 4.69) is 20.8 Å². The van der Waals surface area contributed by atoms with E-state index < -0.39 is 5.97 Å². The molecule has 2 rings (SSSR count). The van der Waals surface area contributed by atoms with Gasteiger partial charge in [-0.05, 0) is 31.0 Å². The monoisotopic (exact) mass is 313 g/mol. The lowest BCUT2D eigenvalue weighted by Crippen LogP contribution is -2.39. The van der Waals surface area contributed by atoms with E-state index in [0.29, 0.717) is 5.56 Å². The first-order valence-corrected chi connectivity index (χ1v) is 6.71. The molecule has 18 heavy (non-hydrogen) atoms. The first-order valence-electron chi connectivity index (χ1n) is 5.92. The van der Waals surface area contributed by atoms with Gasteiger partial charge in [-0.1, -0.05) is 15.9 Å². The Labute approximate surface area is 115 Å². The van der Waals surface area contributed by atoms with E-state index >= 15 is 0 Å². The zero-order chi connectivity index (χ0) is 13.1. The van der Waals surface area contributed by atoms with Gasteiger partial charge in [0.15, 0.2) is 0 Å². The van der Waals surface area contributed by atoms with Gasteiger partial charge in [-0.3, -0.25) is 0 Å². The summed E-state index contributed by atoms with van der Waals surface area (Å²) in [6, 6.07) is 5.37. The lowest BCUT2D eigenvalue weighted by atomic mass is 10.1. The third-order valence-corrected chi connectivity index (χ3v) is 3.73. The summed E-state index contributed by atoms with van der Waals surface area (Å²) in [5, 5.41) is 9.27. The van der Waals surface area contributed by atoms with Gasteiger partial charge >= 0.3 is 5.97 Å². The molecule has 1 saturated heterocycles. The van der Waals surface area contributed by atoms with Crippen molar-refractivity contribution in [3.8, 4) is 0 Å². The molecule has 4 nitrogen and oxygen atoms in total. The summed E-state index contributed by atoms with van der Waals surface area (Å²) in [5.74, 6) is -0.897. The van der Waals surface area contributed by atoms with Crippen LogP contribution in [0.15, 0.2) is 22.7 Å². The molecule has 0 bridgehead atoms. The van der Waals surface area contributed by atoms with E-state index in [-0.39, 0.29) is 6.10 Å². The molecule has 0 amide bonds. The number of carbonyl (C=O) groups is 1. The number of rotatable bonds is 3. The summed E-state index contributed by atoms with van der Waals surface area (Å²) < 4.78 is 6.15. The quantitative estimate of drug-likeness (QED) is 0.932. The minimum Gasteiger partial charge on any atom is -0.478 e. The van der Waals surface area contributed by atoms with E-state index in [1.807, 2.05) is 12.1 Å². The molecule has 5 heteroatoms. The summed E-state index contributed by atoms with van der Waals surface area (Å²) in [5.41, 5.74) is 1.11. The molecule has 1 aromatic carbocycles. The van der Waals surface area contributed by atoms with Gasteiger partial charge < -0.3 is 14.7 Å². The van der Waals surface area contributed by atoms with Gasteiger partial charge in [-0.2, -0.15) is 0 Å². The second kappa shape index (κ2) is 5.71. The second-order valence-electron chi connectivity index (χ2n) is 4.41. The van der Waals surface area contributed by atoms with Gasteiger partial charge in [0.25, 0.3) is 0 Å². The third-order valence-electron chi connectivity index (χ3n) is 3.24. The van der Waals surface area contributed by atoms with E-state index in [4.69, 9.17) is 4.74 Å². The number of carboxylic acid groups (broad SMARTS) is 1. The number of nitrogens with zero attached hydrogens (tertiary/aromatic N) is 1. The summed E-state index contributed by atoms with van der Waals surface area (Å²) in [7, 11) is 1.70. The van der Waals surface area contributed by atoms with Crippen LogP contribution in [0.3, 0.4) is 0 Å². The highest BCUT2D eigenvalue weighted by Crippen LogP contribution is 2.27. The molecule has 1 unspecified atom stereocenters. The first kappa shape index (κ1) is 13.4. The fraction of sp³-hybridized carbons (Fsp3) is 0.462. The molecule has 0 radical (unpaired) electrons. The molecule has 1 fully saturated rings. The number of benzene rings is 1. The van der Waals surface area contributed by atoms with Gasteiger partial charge in [-0.15, -0.1) is 0 Å². The standard InChI is InChI=1S/C13H16BrNO3/c1-18-10-3-2-6-15(8-10)12-5-4-9(14)7-11(12)13(16)17/h4-5,7,10H,2-3,6,8H2,1H3,(H,16,17). The number of halogens is 1. The van der Waals surface area contributed by atoms with E-state index in [1.54, 1.807) is 13.2 Å². The number of piperidine rings is 1.